The quantitative estimate of drug-likeness (QED) is 0.685. The number of benzene rings is 2. The molecule has 142 valence electrons. The van der Waals surface area contributed by atoms with Gasteiger partial charge in [-0.3, -0.25) is 19.0 Å². The van der Waals surface area contributed by atoms with Gasteiger partial charge in [0, 0.05) is 22.5 Å². The van der Waals surface area contributed by atoms with E-state index in [9.17, 15) is 18.8 Å². The van der Waals surface area contributed by atoms with Gasteiger partial charge in [0.15, 0.2) is 0 Å². The smallest absolute Gasteiger partial charge is 0.267 e. The summed E-state index contributed by atoms with van der Waals surface area (Å²) in [7, 11) is 0. The average Bonchev–Trinajstić information content (AvgIpc) is 2.66. The third kappa shape index (κ3) is 4.24. The zero-order valence-corrected chi connectivity index (χ0v) is 15.1. The average molecular weight is 401 g/mol. The first-order valence-corrected chi connectivity index (χ1v) is 8.44. The summed E-state index contributed by atoms with van der Waals surface area (Å²) < 4.78 is 14.2. The molecule has 0 saturated carbocycles. The first kappa shape index (κ1) is 19.2. The highest BCUT2D eigenvalue weighted by Crippen LogP contribution is 2.17. The fourth-order valence-electron chi connectivity index (χ4n) is 2.51. The minimum atomic E-state index is -0.963. The van der Waals surface area contributed by atoms with E-state index in [1.54, 1.807) is 24.3 Å². The molecule has 0 aliphatic carbocycles. The molecular formula is C19H14ClFN4O3. The molecular weight excluding hydrogens is 387 g/mol. The van der Waals surface area contributed by atoms with Gasteiger partial charge >= 0.3 is 0 Å². The fraction of sp³-hybridized carbons (Fsp3) is 0.0526. The summed E-state index contributed by atoms with van der Waals surface area (Å²) in [5.74, 6) is -1.86. The van der Waals surface area contributed by atoms with Crippen LogP contribution in [0, 0.1) is 5.82 Å². The third-order valence-electron chi connectivity index (χ3n) is 3.84. The van der Waals surface area contributed by atoms with E-state index in [-0.39, 0.29) is 11.4 Å². The largest absolute Gasteiger partial charge is 0.365 e. The van der Waals surface area contributed by atoms with Crippen molar-refractivity contribution < 1.29 is 14.0 Å². The number of nitrogens with two attached hydrogens (primary N) is 1. The lowest BCUT2D eigenvalue weighted by molar-refractivity contribution is -0.116. The number of rotatable bonds is 5. The van der Waals surface area contributed by atoms with Crippen LogP contribution in [0.2, 0.25) is 5.02 Å². The van der Waals surface area contributed by atoms with Crippen molar-refractivity contribution in [2.75, 3.05) is 5.32 Å². The van der Waals surface area contributed by atoms with Crippen LogP contribution in [0.15, 0.2) is 59.5 Å². The maximum atomic E-state index is 13.2. The highest BCUT2D eigenvalue weighted by atomic mass is 35.5. The zero-order valence-electron chi connectivity index (χ0n) is 14.4. The first-order valence-electron chi connectivity index (χ1n) is 8.06. The third-order valence-corrected chi connectivity index (χ3v) is 4.10. The Labute approximate surface area is 163 Å². The van der Waals surface area contributed by atoms with Gasteiger partial charge in [-0.15, -0.1) is 0 Å². The van der Waals surface area contributed by atoms with Crippen molar-refractivity contribution >= 4 is 29.1 Å². The highest BCUT2D eigenvalue weighted by Gasteiger charge is 2.17. The van der Waals surface area contributed by atoms with Gasteiger partial charge in [0.2, 0.25) is 5.91 Å². The van der Waals surface area contributed by atoms with E-state index in [0.29, 0.717) is 16.3 Å². The van der Waals surface area contributed by atoms with Gasteiger partial charge in [0.05, 0.1) is 0 Å². The topological polar surface area (TPSA) is 107 Å². The molecule has 1 heterocycles. The standard InChI is InChI=1S/C19H14ClFN4O3/c20-12-3-7-14(8-4-12)24-16(26)10-25-18(11-1-5-13(21)6-2-11)23-9-15(17(22)27)19(25)28/h1-9H,10H2,(H2,22,27)(H,24,26). The Morgan fingerprint density at radius 1 is 1.11 bits per heavy atom. The Morgan fingerprint density at radius 2 is 1.75 bits per heavy atom. The Kier molecular flexibility index (Phi) is 5.51. The molecule has 0 saturated heterocycles. The second-order valence-electron chi connectivity index (χ2n) is 5.81. The van der Waals surface area contributed by atoms with E-state index in [1.165, 1.54) is 24.3 Å². The Balaban J connectivity index is 1.99. The summed E-state index contributed by atoms with van der Waals surface area (Å²) >= 11 is 5.81. The number of primary amides is 1. The number of halogens is 2. The predicted molar refractivity (Wildman–Crippen MR) is 102 cm³/mol. The second-order valence-corrected chi connectivity index (χ2v) is 6.25. The minimum Gasteiger partial charge on any atom is -0.365 e. The molecule has 7 nitrogen and oxygen atoms in total. The molecule has 28 heavy (non-hydrogen) atoms. The van der Waals surface area contributed by atoms with Crippen LogP contribution < -0.4 is 16.6 Å². The second kappa shape index (κ2) is 8.01. The van der Waals surface area contributed by atoms with Crippen LogP contribution in [0.1, 0.15) is 10.4 Å². The number of hydrogen-bond acceptors (Lipinski definition) is 4. The SMILES string of the molecule is NC(=O)c1cnc(-c2ccc(F)cc2)n(CC(=O)Nc2ccc(Cl)cc2)c1=O. The van der Waals surface area contributed by atoms with E-state index in [4.69, 9.17) is 17.3 Å². The minimum absolute atomic E-state index is 0.0984. The van der Waals surface area contributed by atoms with E-state index >= 15 is 0 Å². The number of carbonyl (C=O) groups is 2. The van der Waals surface area contributed by atoms with E-state index in [1.807, 2.05) is 0 Å². The molecule has 0 aliphatic heterocycles. The van der Waals surface area contributed by atoms with E-state index < -0.39 is 29.7 Å². The van der Waals surface area contributed by atoms with Crippen LogP contribution in [-0.2, 0) is 11.3 Å². The van der Waals surface area contributed by atoms with E-state index in [2.05, 4.69) is 10.3 Å². The zero-order chi connectivity index (χ0) is 20.3. The Bertz CT molecular complexity index is 1100. The normalized spacial score (nSPS) is 10.5. The molecule has 3 rings (SSSR count). The molecule has 1 aromatic heterocycles. The summed E-state index contributed by atoms with van der Waals surface area (Å²) in [6.07, 6.45) is 1.04. The van der Waals surface area contributed by atoms with Crippen LogP contribution in [0.5, 0.6) is 0 Å². The van der Waals surface area contributed by atoms with Crippen LogP contribution in [0.3, 0.4) is 0 Å². The number of nitrogens with one attached hydrogen (secondary N) is 1. The molecule has 0 bridgehead atoms. The maximum absolute atomic E-state index is 13.2. The summed E-state index contributed by atoms with van der Waals surface area (Å²) in [5, 5.41) is 3.13. The molecule has 0 radical (unpaired) electrons. The lowest BCUT2D eigenvalue weighted by atomic mass is 10.2. The molecule has 0 fully saturated rings. The summed E-state index contributed by atoms with van der Waals surface area (Å²) in [6, 6.07) is 11.6. The Morgan fingerprint density at radius 3 is 2.36 bits per heavy atom. The number of carbonyl (C=O) groups excluding carboxylic acids is 2. The van der Waals surface area contributed by atoms with Gasteiger partial charge in [-0.25, -0.2) is 9.37 Å². The highest BCUT2D eigenvalue weighted by molar-refractivity contribution is 6.30. The van der Waals surface area contributed by atoms with Crippen LogP contribution >= 0.6 is 11.6 Å². The van der Waals surface area contributed by atoms with Crippen molar-refractivity contribution in [3.05, 3.63) is 81.5 Å². The van der Waals surface area contributed by atoms with Crippen LogP contribution in [-0.4, -0.2) is 21.4 Å². The van der Waals surface area contributed by atoms with Crippen molar-refractivity contribution in [1.29, 1.82) is 0 Å². The van der Waals surface area contributed by atoms with Gasteiger partial charge in [0.25, 0.3) is 11.5 Å². The van der Waals surface area contributed by atoms with Crippen LogP contribution in [0.25, 0.3) is 11.4 Å². The monoisotopic (exact) mass is 400 g/mol. The summed E-state index contributed by atoms with van der Waals surface area (Å²) in [5.41, 5.74) is 4.95. The van der Waals surface area contributed by atoms with Crippen molar-refractivity contribution in [3.8, 4) is 11.4 Å². The van der Waals surface area contributed by atoms with Crippen molar-refractivity contribution in [2.45, 2.75) is 6.54 Å². The molecule has 9 heteroatoms. The lowest BCUT2D eigenvalue weighted by Crippen LogP contribution is -2.34. The number of aromatic nitrogens is 2. The van der Waals surface area contributed by atoms with Gasteiger partial charge in [-0.1, -0.05) is 11.6 Å². The lowest BCUT2D eigenvalue weighted by Gasteiger charge is -2.13. The summed E-state index contributed by atoms with van der Waals surface area (Å²) in [4.78, 5) is 40.6. The molecule has 0 atom stereocenters. The van der Waals surface area contributed by atoms with Gasteiger partial charge in [-0.2, -0.15) is 0 Å². The molecule has 3 aromatic rings. The fourth-order valence-corrected chi connectivity index (χ4v) is 2.64. The maximum Gasteiger partial charge on any atom is 0.267 e. The molecule has 2 amide bonds. The molecule has 2 aromatic carbocycles. The number of anilines is 1. The van der Waals surface area contributed by atoms with Crippen molar-refractivity contribution in [1.82, 2.24) is 9.55 Å². The van der Waals surface area contributed by atoms with Gasteiger partial charge < -0.3 is 11.1 Å². The Hall–Kier alpha value is -3.52. The molecule has 3 N–H and O–H groups in total. The first-order chi connectivity index (χ1) is 13.3. The predicted octanol–water partition coefficient (Wildman–Crippen LogP) is 2.44. The van der Waals surface area contributed by atoms with Crippen LogP contribution in [0.4, 0.5) is 10.1 Å². The molecule has 0 aliphatic rings. The number of hydrogen-bond donors (Lipinski definition) is 2. The summed E-state index contributed by atoms with van der Waals surface area (Å²) in [6.45, 7) is -0.428. The number of amides is 2. The number of nitrogens with zero attached hydrogens (tertiary/aromatic N) is 2. The van der Waals surface area contributed by atoms with Gasteiger partial charge in [-0.05, 0) is 48.5 Å². The van der Waals surface area contributed by atoms with E-state index in [0.717, 1.165) is 10.8 Å². The van der Waals surface area contributed by atoms with Crippen molar-refractivity contribution in [3.63, 3.8) is 0 Å². The van der Waals surface area contributed by atoms with Gasteiger partial charge in [0.1, 0.15) is 23.7 Å². The molecule has 0 spiro atoms. The van der Waals surface area contributed by atoms with Crippen molar-refractivity contribution in [2.24, 2.45) is 5.73 Å². The molecule has 0 unspecified atom stereocenters.